The Morgan fingerprint density at radius 2 is 2.21 bits per heavy atom. The number of amides is 1. The molecule has 104 valence electrons. The van der Waals surface area contributed by atoms with E-state index in [0.29, 0.717) is 11.5 Å². The van der Waals surface area contributed by atoms with Crippen molar-refractivity contribution in [2.45, 2.75) is 18.9 Å². The maximum atomic E-state index is 11.8. The minimum Gasteiger partial charge on any atom is -0.493 e. The minimum absolute atomic E-state index is 0.0108. The Balaban J connectivity index is 1.79. The van der Waals surface area contributed by atoms with Crippen molar-refractivity contribution < 1.29 is 14.3 Å². The van der Waals surface area contributed by atoms with Crippen LogP contribution in [0.1, 0.15) is 12.8 Å². The molecule has 1 aromatic rings. The number of nitrogens with one attached hydrogen (secondary N) is 2. The average Bonchev–Trinajstić information content (AvgIpc) is 2.46. The van der Waals surface area contributed by atoms with E-state index >= 15 is 0 Å². The second kappa shape index (κ2) is 6.99. The highest BCUT2D eigenvalue weighted by molar-refractivity contribution is 5.78. The quantitative estimate of drug-likeness (QED) is 0.831. The molecule has 1 aliphatic heterocycles. The Morgan fingerprint density at radius 1 is 1.42 bits per heavy atom. The summed E-state index contributed by atoms with van der Waals surface area (Å²) in [5.74, 6) is 1.12. The highest BCUT2D eigenvalue weighted by Gasteiger charge is 2.15. The molecule has 0 aromatic heterocycles. The van der Waals surface area contributed by atoms with Gasteiger partial charge in [-0.3, -0.25) is 4.79 Å². The summed E-state index contributed by atoms with van der Waals surface area (Å²) in [4.78, 5) is 11.8. The molecule has 1 unspecified atom stereocenters. The lowest BCUT2D eigenvalue weighted by atomic mass is 10.1. The molecule has 2 N–H and O–H groups in total. The van der Waals surface area contributed by atoms with Gasteiger partial charge in [0.05, 0.1) is 7.11 Å². The summed E-state index contributed by atoms with van der Waals surface area (Å²) < 4.78 is 10.6. The van der Waals surface area contributed by atoms with Gasteiger partial charge in [-0.15, -0.1) is 0 Å². The molecule has 1 heterocycles. The summed E-state index contributed by atoms with van der Waals surface area (Å²) in [7, 11) is 1.58. The molecule has 0 saturated carbocycles. The first-order chi connectivity index (χ1) is 9.29. The lowest BCUT2D eigenvalue weighted by Gasteiger charge is -2.23. The number of methoxy groups -OCH3 is 1. The second-order valence-corrected chi connectivity index (χ2v) is 4.55. The van der Waals surface area contributed by atoms with E-state index in [9.17, 15) is 4.79 Å². The molecule has 0 spiro atoms. The predicted molar refractivity (Wildman–Crippen MR) is 72.5 cm³/mol. The van der Waals surface area contributed by atoms with Crippen LogP contribution in [-0.2, 0) is 4.79 Å². The van der Waals surface area contributed by atoms with Gasteiger partial charge in [0.1, 0.15) is 0 Å². The topological polar surface area (TPSA) is 59.6 Å². The Bertz CT molecular complexity index is 417. The molecule has 1 aliphatic rings. The van der Waals surface area contributed by atoms with Gasteiger partial charge in [-0.2, -0.15) is 0 Å². The van der Waals surface area contributed by atoms with Crippen LogP contribution >= 0.6 is 0 Å². The number of carbonyl (C=O) groups excluding carboxylic acids is 1. The van der Waals surface area contributed by atoms with Gasteiger partial charge in [0.2, 0.25) is 0 Å². The zero-order valence-electron chi connectivity index (χ0n) is 11.1. The maximum Gasteiger partial charge on any atom is 0.258 e. The molecule has 1 fully saturated rings. The van der Waals surface area contributed by atoms with E-state index in [2.05, 4.69) is 10.6 Å². The average molecular weight is 264 g/mol. The molecule has 0 radical (unpaired) electrons. The van der Waals surface area contributed by atoms with Gasteiger partial charge in [-0.1, -0.05) is 12.1 Å². The number of benzene rings is 1. The van der Waals surface area contributed by atoms with Gasteiger partial charge in [0.15, 0.2) is 18.1 Å². The van der Waals surface area contributed by atoms with Crippen LogP contribution in [0.3, 0.4) is 0 Å². The fraction of sp³-hybridized carbons (Fsp3) is 0.500. The first-order valence-electron chi connectivity index (χ1n) is 6.55. The number of para-hydroxylation sites is 2. The van der Waals surface area contributed by atoms with Gasteiger partial charge in [0.25, 0.3) is 5.91 Å². The Morgan fingerprint density at radius 3 is 2.89 bits per heavy atom. The molecule has 5 nitrogen and oxygen atoms in total. The Labute approximate surface area is 113 Å². The van der Waals surface area contributed by atoms with Crippen molar-refractivity contribution in [3.63, 3.8) is 0 Å². The van der Waals surface area contributed by atoms with Gasteiger partial charge >= 0.3 is 0 Å². The summed E-state index contributed by atoms with van der Waals surface area (Å²) in [6, 6.07) is 7.51. The van der Waals surface area contributed by atoms with Crippen molar-refractivity contribution in [3.8, 4) is 11.5 Å². The molecule has 1 atom stereocenters. The third-order valence-corrected chi connectivity index (χ3v) is 3.09. The van der Waals surface area contributed by atoms with Crippen LogP contribution in [0.5, 0.6) is 11.5 Å². The first-order valence-corrected chi connectivity index (χ1v) is 6.55. The minimum atomic E-state index is -0.0976. The summed E-state index contributed by atoms with van der Waals surface area (Å²) in [6.07, 6.45) is 2.12. The van der Waals surface area contributed by atoms with E-state index < -0.39 is 0 Å². The monoisotopic (exact) mass is 264 g/mol. The fourth-order valence-electron chi connectivity index (χ4n) is 2.13. The Hall–Kier alpha value is -1.75. The van der Waals surface area contributed by atoms with Gasteiger partial charge in [-0.05, 0) is 31.5 Å². The third-order valence-electron chi connectivity index (χ3n) is 3.09. The molecule has 0 aliphatic carbocycles. The van der Waals surface area contributed by atoms with Crippen LogP contribution in [0.2, 0.25) is 0 Å². The maximum absolute atomic E-state index is 11.8. The van der Waals surface area contributed by atoms with E-state index in [1.807, 2.05) is 12.1 Å². The Kier molecular flexibility index (Phi) is 5.03. The number of piperidine rings is 1. The third kappa shape index (κ3) is 4.13. The SMILES string of the molecule is COc1ccccc1OCC(=O)NC1CCCNC1. The molecule has 2 rings (SSSR count). The lowest BCUT2D eigenvalue weighted by molar-refractivity contribution is -0.123. The largest absolute Gasteiger partial charge is 0.493 e. The number of carbonyl (C=O) groups is 1. The molecule has 0 bridgehead atoms. The van der Waals surface area contributed by atoms with E-state index in [1.54, 1.807) is 19.2 Å². The second-order valence-electron chi connectivity index (χ2n) is 4.55. The number of rotatable bonds is 5. The van der Waals surface area contributed by atoms with Crippen molar-refractivity contribution >= 4 is 5.91 Å². The highest BCUT2D eigenvalue weighted by atomic mass is 16.5. The summed E-state index contributed by atoms with van der Waals surface area (Å²) in [6.45, 7) is 1.88. The standard InChI is InChI=1S/C14H20N2O3/c1-18-12-6-2-3-7-13(12)19-10-14(17)16-11-5-4-8-15-9-11/h2-3,6-7,11,15H,4-5,8-10H2,1H3,(H,16,17). The zero-order valence-corrected chi connectivity index (χ0v) is 11.1. The summed E-state index contributed by atoms with van der Waals surface area (Å²) in [5.41, 5.74) is 0. The first kappa shape index (κ1) is 13.7. The molecular weight excluding hydrogens is 244 g/mol. The number of hydrogen-bond acceptors (Lipinski definition) is 4. The number of ether oxygens (including phenoxy) is 2. The van der Waals surface area contributed by atoms with Crippen LogP contribution in [0.4, 0.5) is 0 Å². The molecular formula is C14H20N2O3. The lowest BCUT2D eigenvalue weighted by Crippen LogP contribution is -2.47. The van der Waals surface area contributed by atoms with E-state index in [4.69, 9.17) is 9.47 Å². The van der Waals surface area contributed by atoms with Crippen LogP contribution in [0.25, 0.3) is 0 Å². The molecule has 19 heavy (non-hydrogen) atoms. The molecule has 1 saturated heterocycles. The van der Waals surface area contributed by atoms with E-state index in [1.165, 1.54) is 0 Å². The van der Waals surface area contributed by atoms with Crippen LogP contribution in [0.15, 0.2) is 24.3 Å². The normalized spacial score (nSPS) is 18.7. The fourth-order valence-corrected chi connectivity index (χ4v) is 2.13. The molecule has 1 amide bonds. The van der Waals surface area contributed by atoms with Crippen molar-refractivity contribution in [3.05, 3.63) is 24.3 Å². The van der Waals surface area contributed by atoms with Crippen molar-refractivity contribution in [2.24, 2.45) is 0 Å². The van der Waals surface area contributed by atoms with E-state index in [-0.39, 0.29) is 18.6 Å². The summed E-state index contributed by atoms with van der Waals surface area (Å²) >= 11 is 0. The zero-order chi connectivity index (χ0) is 13.5. The molecule has 1 aromatic carbocycles. The van der Waals surface area contributed by atoms with Gasteiger partial charge in [0, 0.05) is 12.6 Å². The van der Waals surface area contributed by atoms with Gasteiger partial charge < -0.3 is 20.1 Å². The van der Waals surface area contributed by atoms with Crippen molar-refractivity contribution in [2.75, 3.05) is 26.8 Å². The summed E-state index contributed by atoms with van der Waals surface area (Å²) in [5, 5.41) is 6.22. The number of hydrogen-bond donors (Lipinski definition) is 2. The van der Waals surface area contributed by atoms with Crippen molar-refractivity contribution in [1.29, 1.82) is 0 Å². The van der Waals surface area contributed by atoms with Gasteiger partial charge in [-0.25, -0.2) is 0 Å². The molecule has 5 heteroatoms. The highest BCUT2D eigenvalue weighted by Crippen LogP contribution is 2.25. The van der Waals surface area contributed by atoms with Crippen molar-refractivity contribution in [1.82, 2.24) is 10.6 Å². The van der Waals surface area contributed by atoms with E-state index in [0.717, 1.165) is 25.9 Å². The predicted octanol–water partition coefficient (Wildman–Crippen LogP) is 0.942. The smallest absolute Gasteiger partial charge is 0.258 e. The van der Waals surface area contributed by atoms with Crippen LogP contribution in [0, 0.1) is 0 Å². The van der Waals surface area contributed by atoms with Crippen LogP contribution < -0.4 is 20.1 Å². The van der Waals surface area contributed by atoms with Crippen LogP contribution in [-0.4, -0.2) is 38.8 Å².